The van der Waals surface area contributed by atoms with Gasteiger partial charge in [-0.2, -0.15) is 28.2 Å². The molecular formula is C19H26ClF3N5O8P. The van der Waals surface area contributed by atoms with Gasteiger partial charge in [0.1, 0.15) is 24.1 Å². The van der Waals surface area contributed by atoms with Gasteiger partial charge in [-0.25, -0.2) is 4.68 Å². The zero-order valence-electron chi connectivity index (χ0n) is 19.4. The molecule has 5 N–H and O–H groups in total. The Balaban J connectivity index is 1.58. The number of hydrogen-bond donors (Lipinski definition) is 5. The van der Waals surface area contributed by atoms with Crippen LogP contribution in [0.3, 0.4) is 0 Å². The summed E-state index contributed by atoms with van der Waals surface area (Å²) in [5.74, 6) is 0.400. The SMILES string of the molecule is COCC(OC[C@H]1O[C@@H](n2ncc3c(NC4CCCC4)nc(Cl)nc32)[C@H](O)[C@@H]1O)(C(F)(F)F)P(=O)(O)O. The van der Waals surface area contributed by atoms with E-state index in [0.29, 0.717) is 11.2 Å². The second-order valence-electron chi connectivity index (χ2n) is 8.91. The Labute approximate surface area is 213 Å². The summed E-state index contributed by atoms with van der Waals surface area (Å²) in [4.78, 5) is 27.2. The normalized spacial score (nSPS) is 27.2. The number of aliphatic hydroxyl groups excluding tert-OH is 2. The van der Waals surface area contributed by atoms with Gasteiger partial charge in [-0.3, -0.25) is 4.57 Å². The Hall–Kier alpha value is -1.62. The fraction of sp³-hybridized carbons (Fsp3) is 0.737. The number of ether oxygens (including phenoxy) is 3. The average Bonchev–Trinajstić information content (AvgIpc) is 3.51. The molecule has 2 aliphatic rings. The Kier molecular flexibility index (Phi) is 8.06. The predicted octanol–water partition coefficient (Wildman–Crippen LogP) is 1.55. The number of fused-ring (bicyclic) bond motifs is 1. The summed E-state index contributed by atoms with van der Waals surface area (Å²) in [5.41, 5.74) is 0.123. The van der Waals surface area contributed by atoms with Crippen molar-refractivity contribution in [2.45, 2.75) is 67.8 Å². The molecule has 4 rings (SSSR count). The van der Waals surface area contributed by atoms with Gasteiger partial charge >= 0.3 is 13.8 Å². The third-order valence-electron chi connectivity index (χ3n) is 6.44. The van der Waals surface area contributed by atoms with E-state index in [2.05, 4.69) is 29.9 Å². The molecule has 208 valence electrons. The highest BCUT2D eigenvalue weighted by molar-refractivity contribution is 7.53. The zero-order valence-corrected chi connectivity index (χ0v) is 21.0. The van der Waals surface area contributed by atoms with Gasteiger partial charge in [0.2, 0.25) is 5.28 Å². The molecule has 2 fully saturated rings. The second-order valence-corrected chi connectivity index (χ2v) is 11.1. The highest BCUT2D eigenvalue weighted by Crippen LogP contribution is 2.59. The minimum absolute atomic E-state index is 0.123. The topological polar surface area (TPSA) is 181 Å². The van der Waals surface area contributed by atoms with Crippen LogP contribution >= 0.6 is 19.2 Å². The number of nitrogens with zero attached hydrogens (tertiary/aromatic N) is 4. The maximum atomic E-state index is 13.7. The van der Waals surface area contributed by atoms with Crippen LogP contribution in [0.1, 0.15) is 31.9 Å². The molecule has 3 heterocycles. The largest absolute Gasteiger partial charge is 0.431 e. The van der Waals surface area contributed by atoms with Gasteiger partial charge in [-0.05, 0) is 24.4 Å². The molecule has 13 nitrogen and oxygen atoms in total. The summed E-state index contributed by atoms with van der Waals surface area (Å²) in [7, 11) is -5.17. The molecule has 0 spiro atoms. The van der Waals surface area contributed by atoms with E-state index in [1.807, 2.05) is 0 Å². The molecule has 0 aromatic carbocycles. The predicted molar refractivity (Wildman–Crippen MR) is 121 cm³/mol. The van der Waals surface area contributed by atoms with E-state index >= 15 is 0 Å². The Morgan fingerprint density at radius 3 is 2.51 bits per heavy atom. The van der Waals surface area contributed by atoms with E-state index in [-0.39, 0.29) is 17.0 Å². The number of anilines is 1. The van der Waals surface area contributed by atoms with Crippen LogP contribution in [-0.2, 0) is 18.8 Å². The van der Waals surface area contributed by atoms with Crippen LogP contribution in [0.25, 0.3) is 11.0 Å². The van der Waals surface area contributed by atoms with E-state index < -0.39 is 56.9 Å². The molecule has 1 unspecified atom stereocenters. The molecule has 18 heteroatoms. The van der Waals surface area contributed by atoms with Gasteiger partial charge in [0, 0.05) is 13.2 Å². The number of aliphatic hydroxyl groups is 2. The van der Waals surface area contributed by atoms with Crippen molar-refractivity contribution in [2.24, 2.45) is 0 Å². The Bertz CT molecular complexity index is 1160. The third-order valence-corrected chi connectivity index (χ3v) is 8.06. The van der Waals surface area contributed by atoms with E-state index in [9.17, 15) is 37.7 Å². The first-order valence-electron chi connectivity index (χ1n) is 11.2. The van der Waals surface area contributed by atoms with Crippen molar-refractivity contribution in [1.82, 2.24) is 19.7 Å². The summed E-state index contributed by atoms with van der Waals surface area (Å²) >= 11 is 6.09. The number of halogens is 4. The fourth-order valence-corrected chi connectivity index (χ4v) is 5.52. The number of hydrogen-bond acceptors (Lipinski definition) is 10. The van der Waals surface area contributed by atoms with Crippen molar-refractivity contribution >= 4 is 36.0 Å². The van der Waals surface area contributed by atoms with Crippen LogP contribution < -0.4 is 5.32 Å². The molecule has 2 aromatic rings. The average molecular weight is 576 g/mol. The lowest BCUT2D eigenvalue weighted by atomic mass is 10.1. The monoisotopic (exact) mass is 575 g/mol. The van der Waals surface area contributed by atoms with Crippen LogP contribution in [0.4, 0.5) is 19.0 Å². The molecule has 0 radical (unpaired) electrons. The summed E-state index contributed by atoms with van der Waals surface area (Å²) < 4.78 is 68.6. The van der Waals surface area contributed by atoms with Crippen LogP contribution in [0.15, 0.2) is 6.20 Å². The number of methoxy groups -OCH3 is 1. The van der Waals surface area contributed by atoms with E-state index in [1.54, 1.807) is 0 Å². The van der Waals surface area contributed by atoms with Crippen molar-refractivity contribution in [3.05, 3.63) is 11.5 Å². The number of aromatic nitrogens is 4. The molecule has 1 saturated heterocycles. The highest BCUT2D eigenvalue weighted by atomic mass is 35.5. The number of alkyl halides is 3. The van der Waals surface area contributed by atoms with Gasteiger partial charge in [0.15, 0.2) is 11.9 Å². The Morgan fingerprint density at radius 1 is 1.24 bits per heavy atom. The summed E-state index contributed by atoms with van der Waals surface area (Å²) in [6.07, 6.45) is -6.75. The van der Waals surface area contributed by atoms with Gasteiger partial charge in [-0.15, -0.1) is 0 Å². The molecule has 1 aliphatic carbocycles. The standard InChI is InChI=1S/C19H26ClF3N5O8P/c1-34-8-18(19(21,22)23,37(31,32)33)35-7-11-12(29)13(30)16(36-11)28-15-10(6-24-28)14(26-17(20)27-15)25-9-4-2-3-5-9/h6,9,11-13,16,29-30H,2-5,7-8H2,1H3,(H,25,26,27)(H2,31,32,33)/t11-,12-,13-,16-,18?/m1/s1. The van der Waals surface area contributed by atoms with Crippen molar-refractivity contribution in [3.63, 3.8) is 0 Å². The molecular weight excluding hydrogens is 550 g/mol. The van der Waals surface area contributed by atoms with E-state index in [4.69, 9.17) is 16.3 Å². The summed E-state index contributed by atoms with van der Waals surface area (Å²) in [6.45, 7) is -2.67. The lowest BCUT2D eigenvalue weighted by Gasteiger charge is -2.35. The number of rotatable bonds is 9. The molecule has 0 bridgehead atoms. The second kappa shape index (κ2) is 10.5. The van der Waals surface area contributed by atoms with Gasteiger partial charge in [0.05, 0.1) is 24.8 Å². The third kappa shape index (κ3) is 5.31. The van der Waals surface area contributed by atoms with Crippen LogP contribution in [0.2, 0.25) is 5.28 Å². The summed E-state index contributed by atoms with van der Waals surface area (Å²) in [6, 6.07) is 0.171. The quantitative estimate of drug-likeness (QED) is 0.215. The molecule has 1 saturated carbocycles. The molecule has 37 heavy (non-hydrogen) atoms. The van der Waals surface area contributed by atoms with Crippen LogP contribution in [0.5, 0.6) is 0 Å². The molecule has 0 amide bonds. The lowest BCUT2D eigenvalue weighted by molar-refractivity contribution is -0.267. The fourth-order valence-electron chi connectivity index (χ4n) is 4.48. The maximum Gasteiger partial charge on any atom is 0.431 e. The minimum Gasteiger partial charge on any atom is -0.387 e. The van der Waals surface area contributed by atoms with Crippen LogP contribution in [-0.4, -0.2) is 95.9 Å². The van der Waals surface area contributed by atoms with Crippen molar-refractivity contribution in [2.75, 3.05) is 25.6 Å². The van der Waals surface area contributed by atoms with E-state index in [1.165, 1.54) is 6.20 Å². The van der Waals surface area contributed by atoms with Crippen molar-refractivity contribution in [3.8, 4) is 0 Å². The number of nitrogens with one attached hydrogen (secondary N) is 1. The summed E-state index contributed by atoms with van der Waals surface area (Å²) in [5, 5.41) is 24.8. The van der Waals surface area contributed by atoms with Gasteiger partial charge in [0.25, 0.3) is 5.34 Å². The van der Waals surface area contributed by atoms with E-state index in [0.717, 1.165) is 37.5 Å². The zero-order chi connectivity index (χ0) is 27.2. The van der Waals surface area contributed by atoms with Gasteiger partial charge in [-0.1, -0.05) is 12.8 Å². The highest BCUT2D eigenvalue weighted by Gasteiger charge is 2.68. The first kappa shape index (κ1) is 28.4. The molecule has 5 atom stereocenters. The van der Waals surface area contributed by atoms with Crippen molar-refractivity contribution < 1.29 is 51.9 Å². The first-order chi connectivity index (χ1) is 17.3. The Morgan fingerprint density at radius 2 is 1.92 bits per heavy atom. The first-order valence-corrected chi connectivity index (χ1v) is 13.2. The van der Waals surface area contributed by atoms with Crippen molar-refractivity contribution in [1.29, 1.82) is 0 Å². The minimum atomic E-state index is -5.98. The maximum absolute atomic E-state index is 13.7. The molecule has 2 aromatic heterocycles. The molecule has 1 aliphatic heterocycles. The smallest absolute Gasteiger partial charge is 0.387 e. The lowest BCUT2D eigenvalue weighted by Crippen LogP contribution is -2.52. The van der Waals surface area contributed by atoms with Gasteiger partial charge < -0.3 is 39.5 Å². The van der Waals surface area contributed by atoms with Crippen LogP contribution in [0, 0.1) is 0 Å².